The Morgan fingerprint density at radius 1 is 1.13 bits per heavy atom. The van der Waals surface area contributed by atoms with Crippen molar-refractivity contribution in [1.29, 1.82) is 0 Å². The molecular formula is C18H22F3N3O5S. The van der Waals surface area contributed by atoms with E-state index in [9.17, 15) is 31.2 Å². The van der Waals surface area contributed by atoms with Crippen LogP contribution in [-0.2, 0) is 30.5 Å². The van der Waals surface area contributed by atoms with Gasteiger partial charge in [-0.3, -0.25) is 19.4 Å². The Kier molecular flexibility index (Phi) is 6.51. The van der Waals surface area contributed by atoms with Gasteiger partial charge in [0.05, 0.1) is 36.1 Å². The largest absolute Gasteiger partial charge is 0.416 e. The van der Waals surface area contributed by atoms with E-state index >= 15 is 0 Å². The van der Waals surface area contributed by atoms with Gasteiger partial charge in [-0.15, -0.1) is 0 Å². The van der Waals surface area contributed by atoms with Gasteiger partial charge in [0.25, 0.3) is 0 Å². The van der Waals surface area contributed by atoms with Gasteiger partial charge < -0.3 is 4.74 Å². The molecule has 166 valence electrons. The molecule has 3 rings (SSSR count). The molecule has 8 nitrogen and oxygen atoms in total. The number of halogens is 3. The lowest BCUT2D eigenvalue weighted by atomic mass is 10.2. The van der Waals surface area contributed by atoms with Crippen molar-refractivity contribution in [3.8, 4) is 0 Å². The zero-order valence-electron chi connectivity index (χ0n) is 16.3. The van der Waals surface area contributed by atoms with Gasteiger partial charge in [-0.1, -0.05) is 6.07 Å². The van der Waals surface area contributed by atoms with Crippen LogP contribution in [0.25, 0.3) is 0 Å². The maximum atomic E-state index is 12.9. The quantitative estimate of drug-likeness (QED) is 0.597. The van der Waals surface area contributed by atoms with Crippen molar-refractivity contribution < 1.29 is 35.9 Å². The number of imide groups is 1. The average molecular weight is 449 g/mol. The Balaban J connectivity index is 1.67. The molecule has 1 atom stereocenters. The highest BCUT2D eigenvalue weighted by molar-refractivity contribution is 7.89. The van der Waals surface area contributed by atoms with Gasteiger partial charge in [0.1, 0.15) is 0 Å². The van der Waals surface area contributed by atoms with Crippen LogP contribution in [0, 0.1) is 0 Å². The first-order chi connectivity index (χ1) is 14.1. The molecule has 2 aliphatic heterocycles. The van der Waals surface area contributed by atoms with Crippen LogP contribution in [0.5, 0.6) is 0 Å². The number of nitrogens with zero attached hydrogens (tertiary/aromatic N) is 3. The van der Waals surface area contributed by atoms with Crippen molar-refractivity contribution in [1.82, 2.24) is 14.1 Å². The number of rotatable bonds is 6. The number of methoxy groups -OCH3 is 1. The lowest BCUT2D eigenvalue weighted by Gasteiger charge is -2.36. The molecule has 1 aromatic rings. The Morgan fingerprint density at radius 3 is 2.40 bits per heavy atom. The van der Waals surface area contributed by atoms with E-state index in [1.807, 2.05) is 0 Å². The van der Waals surface area contributed by atoms with E-state index in [-0.39, 0.29) is 57.6 Å². The fraction of sp³-hybridized carbons (Fsp3) is 0.556. The molecule has 0 N–H and O–H groups in total. The Labute approximate surface area is 172 Å². The number of alkyl halides is 3. The minimum atomic E-state index is -4.64. The first-order valence-corrected chi connectivity index (χ1v) is 10.7. The first kappa shape index (κ1) is 22.7. The third-order valence-corrected chi connectivity index (χ3v) is 7.15. The van der Waals surface area contributed by atoms with E-state index in [2.05, 4.69) is 0 Å². The third-order valence-electron chi connectivity index (χ3n) is 5.25. The molecule has 2 saturated heterocycles. The molecule has 0 unspecified atom stereocenters. The summed E-state index contributed by atoms with van der Waals surface area (Å²) in [5.74, 6) is -0.646. The lowest BCUT2D eigenvalue weighted by Crippen LogP contribution is -2.53. The molecule has 2 amide bonds. The fourth-order valence-electron chi connectivity index (χ4n) is 3.61. The van der Waals surface area contributed by atoms with E-state index in [1.165, 1.54) is 7.11 Å². The van der Waals surface area contributed by atoms with Crippen LogP contribution in [0.4, 0.5) is 13.2 Å². The van der Waals surface area contributed by atoms with Crippen LogP contribution in [0.15, 0.2) is 29.2 Å². The summed E-state index contributed by atoms with van der Waals surface area (Å²) in [6.07, 6.45) is -4.63. The third kappa shape index (κ3) is 4.51. The number of ether oxygens (including phenoxy) is 1. The number of carbonyl (C=O) groups excluding carboxylic acids is 2. The Bertz CT molecular complexity index is 914. The van der Waals surface area contributed by atoms with E-state index in [1.54, 1.807) is 4.90 Å². The normalized spacial score (nSPS) is 22.1. The minimum absolute atomic E-state index is 0.00855. The van der Waals surface area contributed by atoms with Crippen LogP contribution in [0.2, 0.25) is 0 Å². The molecule has 0 aromatic heterocycles. The molecule has 2 aliphatic rings. The zero-order chi connectivity index (χ0) is 22.1. The zero-order valence-corrected chi connectivity index (χ0v) is 17.1. The van der Waals surface area contributed by atoms with Crippen LogP contribution >= 0.6 is 0 Å². The predicted octanol–water partition coefficient (Wildman–Crippen LogP) is 0.786. The molecule has 2 heterocycles. The van der Waals surface area contributed by atoms with Crippen LogP contribution < -0.4 is 0 Å². The Hall–Kier alpha value is -2.02. The molecule has 0 radical (unpaired) electrons. The van der Waals surface area contributed by atoms with Gasteiger partial charge in [0.2, 0.25) is 21.8 Å². The SMILES string of the molecule is COCCN1C(=O)C[C@H](N2CCN(S(=O)(=O)c3cccc(C(F)(F)F)c3)CC2)C1=O. The number of sulfonamides is 1. The molecular weight excluding hydrogens is 427 g/mol. The summed E-state index contributed by atoms with van der Waals surface area (Å²) in [4.78, 5) is 27.1. The second-order valence-corrected chi connectivity index (χ2v) is 9.00. The second-order valence-electron chi connectivity index (χ2n) is 7.06. The highest BCUT2D eigenvalue weighted by Crippen LogP contribution is 2.31. The van der Waals surface area contributed by atoms with Gasteiger partial charge in [0, 0.05) is 33.3 Å². The predicted molar refractivity (Wildman–Crippen MR) is 98.8 cm³/mol. The average Bonchev–Trinajstić information content (AvgIpc) is 2.99. The summed E-state index contributed by atoms with van der Waals surface area (Å²) in [5, 5.41) is 0. The summed E-state index contributed by atoms with van der Waals surface area (Å²) in [6.45, 7) is 0.797. The molecule has 0 bridgehead atoms. The fourth-order valence-corrected chi connectivity index (χ4v) is 5.07. The number of hydrogen-bond donors (Lipinski definition) is 0. The highest BCUT2D eigenvalue weighted by Gasteiger charge is 2.43. The number of carbonyl (C=O) groups is 2. The van der Waals surface area contributed by atoms with E-state index in [0.717, 1.165) is 27.4 Å². The summed E-state index contributed by atoms with van der Waals surface area (Å²) < 4.78 is 70.3. The van der Waals surface area contributed by atoms with Crippen LogP contribution in [-0.4, -0.2) is 86.8 Å². The topological polar surface area (TPSA) is 87.2 Å². The summed E-state index contributed by atoms with van der Waals surface area (Å²) in [7, 11) is -2.65. The first-order valence-electron chi connectivity index (χ1n) is 9.30. The van der Waals surface area contributed by atoms with E-state index < -0.39 is 32.7 Å². The number of piperazine rings is 1. The monoisotopic (exact) mass is 449 g/mol. The summed E-state index contributed by atoms with van der Waals surface area (Å²) >= 11 is 0. The molecule has 12 heteroatoms. The molecule has 1 aromatic carbocycles. The molecule has 0 spiro atoms. The molecule has 0 saturated carbocycles. The van der Waals surface area contributed by atoms with Crippen molar-refractivity contribution in [2.75, 3.05) is 46.4 Å². The van der Waals surface area contributed by atoms with E-state index in [0.29, 0.717) is 6.07 Å². The summed E-state index contributed by atoms with van der Waals surface area (Å²) in [6, 6.07) is 2.96. The van der Waals surface area contributed by atoms with Gasteiger partial charge in [-0.05, 0) is 18.2 Å². The van der Waals surface area contributed by atoms with Crippen molar-refractivity contribution in [2.45, 2.75) is 23.5 Å². The van der Waals surface area contributed by atoms with Crippen molar-refractivity contribution in [2.24, 2.45) is 0 Å². The second kappa shape index (κ2) is 8.61. The van der Waals surface area contributed by atoms with Crippen LogP contribution in [0.3, 0.4) is 0 Å². The minimum Gasteiger partial charge on any atom is -0.383 e. The van der Waals surface area contributed by atoms with Gasteiger partial charge in [-0.25, -0.2) is 8.42 Å². The summed E-state index contributed by atoms with van der Waals surface area (Å²) in [5.41, 5.74) is -1.03. The smallest absolute Gasteiger partial charge is 0.383 e. The van der Waals surface area contributed by atoms with E-state index in [4.69, 9.17) is 4.74 Å². The van der Waals surface area contributed by atoms with Gasteiger partial charge in [0.15, 0.2) is 0 Å². The molecule has 0 aliphatic carbocycles. The number of amides is 2. The van der Waals surface area contributed by atoms with Crippen molar-refractivity contribution >= 4 is 21.8 Å². The van der Waals surface area contributed by atoms with Gasteiger partial charge in [-0.2, -0.15) is 17.5 Å². The standard InChI is InChI=1S/C18H22F3N3O5S/c1-29-10-9-24-16(25)12-15(17(24)26)22-5-7-23(8-6-22)30(27,28)14-4-2-3-13(11-14)18(19,20)21/h2-4,11,15H,5-10,12H2,1H3/t15-/m0/s1. The number of benzene rings is 1. The Morgan fingerprint density at radius 2 is 1.80 bits per heavy atom. The van der Waals surface area contributed by atoms with Gasteiger partial charge >= 0.3 is 6.18 Å². The maximum Gasteiger partial charge on any atom is 0.416 e. The van der Waals surface area contributed by atoms with Crippen LogP contribution in [0.1, 0.15) is 12.0 Å². The number of hydrogen-bond acceptors (Lipinski definition) is 6. The van der Waals surface area contributed by atoms with Crippen molar-refractivity contribution in [3.05, 3.63) is 29.8 Å². The lowest BCUT2D eigenvalue weighted by molar-refractivity contribution is -0.140. The maximum absolute atomic E-state index is 12.9. The van der Waals surface area contributed by atoms with Crippen molar-refractivity contribution in [3.63, 3.8) is 0 Å². The highest BCUT2D eigenvalue weighted by atomic mass is 32.2. The molecule has 30 heavy (non-hydrogen) atoms. The molecule has 2 fully saturated rings. The number of likely N-dealkylation sites (tertiary alicyclic amines) is 1.